The largest absolute Gasteiger partial charge is 0.507 e. The van der Waals surface area contributed by atoms with Gasteiger partial charge in [-0.05, 0) is 95.6 Å². The van der Waals surface area contributed by atoms with Crippen molar-refractivity contribution in [1.82, 2.24) is 0 Å². The van der Waals surface area contributed by atoms with Crippen LogP contribution in [0.2, 0.25) is 24.2 Å². The lowest BCUT2D eigenvalue weighted by atomic mass is 9.92. The number of aromatic hydroxyl groups is 2. The van der Waals surface area contributed by atoms with Crippen molar-refractivity contribution in [2.75, 3.05) is 0 Å². The van der Waals surface area contributed by atoms with Crippen LogP contribution in [0.3, 0.4) is 0 Å². The highest BCUT2D eigenvalue weighted by Gasteiger charge is 2.29. The van der Waals surface area contributed by atoms with Gasteiger partial charge in [-0.15, -0.1) is 0 Å². The molecule has 0 amide bonds. The Bertz CT molecular complexity index is 889. The lowest BCUT2D eigenvalue weighted by molar-refractivity contribution is 0.450. The van der Waals surface area contributed by atoms with Crippen molar-refractivity contribution in [2.45, 2.75) is 132 Å². The van der Waals surface area contributed by atoms with E-state index in [1.54, 1.807) is 0 Å². The molecule has 2 aromatic rings. The standard InChI is InChI=1S/C36H60O2Si/c1-11-39(12-2,15-13-29-21-31(17-25(3)4)35(37)32(22-29)18-26(5)6)16-14-30-23-33(19-27(7)8)36(38)34(24-30)20-28(9)10/h21-28,37-38H,11-20H2,1-10H3. The van der Waals surface area contributed by atoms with Gasteiger partial charge in [-0.3, -0.25) is 0 Å². The second-order valence-electron chi connectivity index (χ2n) is 14.1. The molecule has 0 heterocycles. The van der Waals surface area contributed by atoms with E-state index in [1.807, 2.05) is 0 Å². The summed E-state index contributed by atoms with van der Waals surface area (Å²) in [6.07, 6.45) is 6.00. The lowest BCUT2D eigenvalue weighted by Gasteiger charge is -2.30. The van der Waals surface area contributed by atoms with Crippen LogP contribution in [0.25, 0.3) is 0 Å². The third-order valence-electron chi connectivity index (χ3n) is 8.56. The van der Waals surface area contributed by atoms with Gasteiger partial charge >= 0.3 is 0 Å². The Balaban J connectivity index is 2.29. The average Bonchev–Trinajstić information content (AvgIpc) is 2.84. The molecule has 39 heavy (non-hydrogen) atoms. The van der Waals surface area contributed by atoms with Gasteiger partial charge in [0.15, 0.2) is 0 Å². The molecule has 0 spiro atoms. The molecule has 0 aromatic heterocycles. The number of hydrogen-bond donors (Lipinski definition) is 2. The van der Waals surface area contributed by atoms with Crippen LogP contribution in [0, 0.1) is 23.7 Å². The molecule has 220 valence electrons. The minimum Gasteiger partial charge on any atom is -0.507 e. The fraction of sp³-hybridized carbons (Fsp3) is 0.667. The number of aryl methyl sites for hydroxylation is 2. The summed E-state index contributed by atoms with van der Waals surface area (Å²) in [7, 11) is -1.46. The van der Waals surface area contributed by atoms with Gasteiger partial charge < -0.3 is 10.2 Å². The molecule has 0 saturated heterocycles. The molecule has 2 N–H and O–H groups in total. The van der Waals surface area contributed by atoms with E-state index in [2.05, 4.69) is 93.5 Å². The van der Waals surface area contributed by atoms with Gasteiger partial charge in [0.05, 0.1) is 8.07 Å². The molecule has 3 heteroatoms. The Kier molecular flexibility index (Phi) is 13.1. The van der Waals surface area contributed by atoms with Crippen LogP contribution < -0.4 is 0 Å². The fourth-order valence-electron chi connectivity index (χ4n) is 6.24. The van der Waals surface area contributed by atoms with Crippen LogP contribution in [0.1, 0.15) is 103 Å². The van der Waals surface area contributed by atoms with E-state index >= 15 is 0 Å². The Hall–Kier alpha value is -1.74. The highest BCUT2D eigenvalue weighted by Crippen LogP contribution is 2.35. The maximum atomic E-state index is 11.0. The third kappa shape index (κ3) is 10.3. The minimum absolute atomic E-state index is 0.532. The molecule has 0 unspecified atom stereocenters. The van der Waals surface area contributed by atoms with Crippen LogP contribution >= 0.6 is 0 Å². The highest BCUT2D eigenvalue weighted by atomic mass is 28.3. The van der Waals surface area contributed by atoms with Crippen molar-refractivity contribution in [3.63, 3.8) is 0 Å². The van der Waals surface area contributed by atoms with Gasteiger partial charge in [0.25, 0.3) is 0 Å². The highest BCUT2D eigenvalue weighted by molar-refractivity contribution is 6.79. The van der Waals surface area contributed by atoms with Crippen LogP contribution in [0.5, 0.6) is 11.5 Å². The van der Waals surface area contributed by atoms with E-state index in [4.69, 9.17) is 0 Å². The smallest absolute Gasteiger partial charge is 0.121 e. The first-order chi connectivity index (χ1) is 18.3. The molecule has 0 aliphatic heterocycles. The van der Waals surface area contributed by atoms with Crippen molar-refractivity contribution in [1.29, 1.82) is 0 Å². The van der Waals surface area contributed by atoms with Crippen LogP contribution in [-0.2, 0) is 38.5 Å². The van der Waals surface area contributed by atoms with Gasteiger partial charge in [0.2, 0.25) is 0 Å². The summed E-state index contributed by atoms with van der Waals surface area (Å²) in [6, 6.07) is 14.5. The zero-order chi connectivity index (χ0) is 29.3. The molecule has 0 fully saturated rings. The average molecular weight is 553 g/mol. The zero-order valence-electron chi connectivity index (χ0n) is 27.1. The Morgan fingerprint density at radius 2 is 0.769 bits per heavy atom. The number of phenols is 2. The second-order valence-corrected chi connectivity index (χ2v) is 19.5. The third-order valence-corrected chi connectivity index (χ3v) is 14.2. The predicted molar refractivity (Wildman–Crippen MR) is 174 cm³/mol. The molecule has 0 bridgehead atoms. The Morgan fingerprint density at radius 1 is 0.513 bits per heavy atom. The van der Waals surface area contributed by atoms with E-state index in [9.17, 15) is 10.2 Å². The maximum Gasteiger partial charge on any atom is 0.121 e. The van der Waals surface area contributed by atoms with Crippen LogP contribution in [0.15, 0.2) is 24.3 Å². The summed E-state index contributed by atoms with van der Waals surface area (Å²) >= 11 is 0. The van der Waals surface area contributed by atoms with Crippen molar-refractivity contribution in [3.8, 4) is 11.5 Å². The topological polar surface area (TPSA) is 40.5 Å². The summed E-state index contributed by atoms with van der Waals surface area (Å²) in [5, 5.41) is 22.0. The first-order valence-electron chi connectivity index (χ1n) is 16.0. The molecular formula is C36H60O2Si. The lowest BCUT2D eigenvalue weighted by Crippen LogP contribution is -2.33. The molecule has 0 atom stereocenters. The summed E-state index contributed by atoms with van der Waals surface area (Å²) in [4.78, 5) is 0. The zero-order valence-corrected chi connectivity index (χ0v) is 28.1. The summed E-state index contributed by atoms with van der Waals surface area (Å²) < 4.78 is 0. The molecular weight excluding hydrogens is 492 g/mol. The summed E-state index contributed by atoms with van der Waals surface area (Å²) in [6.45, 7) is 22.8. The van der Waals surface area contributed by atoms with Gasteiger partial charge in [-0.25, -0.2) is 0 Å². The van der Waals surface area contributed by atoms with E-state index in [0.717, 1.165) is 60.8 Å². The number of benzene rings is 2. The number of phenolic OH excluding ortho intramolecular Hbond substituents is 2. The van der Waals surface area contributed by atoms with Gasteiger partial charge in [-0.1, -0.05) is 118 Å². The van der Waals surface area contributed by atoms with Crippen molar-refractivity contribution in [2.24, 2.45) is 23.7 Å². The number of hydrogen-bond acceptors (Lipinski definition) is 2. The second kappa shape index (κ2) is 15.3. The van der Waals surface area contributed by atoms with E-state index in [-0.39, 0.29) is 0 Å². The molecule has 2 rings (SSSR count). The summed E-state index contributed by atoms with van der Waals surface area (Å²) in [5.74, 6) is 3.21. The molecule has 0 aliphatic rings. The number of rotatable bonds is 16. The predicted octanol–water partition coefficient (Wildman–Crippen LogP) is 10.2. The molecule has 2 nitrogen and oxygen atoms in total. The van der Waals surface area contributed by atoms with E-state index in [0.29, 0.717) is 35.2 Å². The van der Waals surface area contributed by atoms with Crippen LogP contribution in [0.4, 0.5) is 0 Å². The molecule has 0 radical (unpaired) electrons. The Morgan fingerprint density at radius 3 is 0.974 bits per heavy atom. The van der Waals surface area contributed by atoms with Crippen molar-refractivity contribution in [3.05, 3.63) is 57.6 Å². The van der Waals surface area contributed by atoms with Crippen molar-refractivity contribution >= 4 is 8.07 Å². The van der Waals surface area contributed by atoms with Gasteiger partial charge in [-0.2, -0.15) is 0 Å². The molecule has 0 aliphatic carbocycles. The first kappa shape index (κ1) is 33.5. The normalized spacial score (nSPS) is 12.5. The molecule has 0 saturated carbocycles. The fourth-order valence-corrected chi connectivity index (χ4v) is 10.0. The first-order valence-corrected chi connectivity index (χ1v) is 18.8. The van der Waals surface area contributed by atoms with E-state index in [1.165, 1.54) is 35.3 Å². The van der Waals surface area contributed by atoms with Gasteiger partial charge in [0, 0.05) is 0 Å². The SMILES string of the molecule is CC[Si](CC)(CCc1cc(CC(C)C)c(O)c(CC(C)C)c1)CCc1cc(CC(C)C)c(O)c(CC(C)C)c1. The monoisotopic (exact) mass is 552 g/mol. The van der Waals surface area contributed by atoms with Gasteiger partial charge in [0.1, 0.15) is 11.5 Å². The maximum absolute atomic E-state index is 11.0. The quantitative estimate of drug-likeness (QED) is 0.203. The summed E-state index contributed by atoms with van der Waals surface area (Å²) in [5.41, 5.74) is 7.38. The molecule has 2 aromatic carbocycles. The van der Waals surface area contributed by atoms with Crippen LogP contribution in [-0.4, -0.2) is 18.3 Å². The minimum atomic E-state index is -1.46. The Labute approximate surface area is 242 Å². The van der Waals surface area contributed by atoms with Crippen molar-refractivity contribution < 1.29 is 10.2 Å². The van der Waals surface area contributed by atoms with E-state index < -0.39 is 8.07 Å².